The molecule has 2 rings (SSSR count). The van der Waals surface area contributed by atoms with Crippen molar-refractivity contribution < 1.29 is 9.53 Å². The zero-order valence-corrected chi connectivity index (χ0v) is 13.5. The van der Waals surface area contributed by atoms with Gasteiger partial charge in [0.1, 0.15) is 0 Å². The fourth-order valence-electron chi connectivity index (χ4n) is 2.83. The Balaban J connectivity index is 2.09. The predicted octanol–water partition coefficient (Wildman–Crippen LogP) is 2.86. The SMILES string of the molecule is COC1(CNC(=O)c2c(C)cc(C)cc2C)CCSC1. The van der Waals surface area contributed by atoms with Gasteiger partial charge in [0.2, 0.25) is 0 Å². The molecule has 1 aliphatic heterocycles. The highest BCUT2D eigenvalue weighted by Gasteiger charge is 2.34. The van der Waals surface area contributed by atoms with Gasteiger partial charge in [0.15, 0.2) is 0 Å². The first-order valence-corrected chi connectivity index (χ1v) is 8.12. The van der Waals surface area contributed by atoms with E-state index in [9.17, 15) is 4.79 Å². The lowest BCUT2D eigenvalue weighted by Crippen LogP contribution is -2.44. The van der Waals surface area contributed by atoms with Crippen LogP contribution in [0.25, 0.3) is 0 Å². The second kappa shape index (κ2) is 6.19. The molecular formula is C16H23NO2S. The second-order valence-corrected chi connectivity index (χ2v) is 6.75. The fraction of sp³-hybridized carbons (Fsp3) is 0.562. The number of carbonyl (C=O) groups excluding carboxylic acids is 1. The number of benzene rings is 1. The number of carbonyl (C=O) groups is 1. The molecule has 1 atom stereocenters. The Bertz CT molecular complexity index is 484. The zero-order valence-electron chi connectivity index (χ0n) is 12.7. The first-order chi connectivity index (χ1) is 9.47. The van der Waals surface area contributed by atoms with Gasteiger partial charge in [0.05, 0.1) is 5.60 Å². The summed E-state index contributed by atoms with van der Waals surface area (Å²) in [4.78, 5) is 12.4. The van der Waals surface area contributed by atoms with Gasteiger partial charge < -0.3 is 10.1 Å². The van der Waals surface area contributed by atoms with Crippen molar-refractivity contribution in [2.45, 2.75) is 32.8 Å². The van der Waals surface area contributed by atoms with E-state index in [1.54, 1.807) is 7.11 Å². The molecule has 1 amide bonds. The molecule has 110 valence electrons. The highest BCUT2D eigenvalue weighted by atomic mass is 32.2. The van der Waals surface area contributed by atoms with Crippen LogP contribution in [0.4, 0.5) is 0 Å². The lowest BCUT2D eigenvalue weighted by molar-refractivity contribution is 0.0137. The molecule has 1 aromatic rings. The summed E-state index contributed by atoms with van der Waals surface area (Å²) in [6.07, 6.45) is 1.00. The molecule has 1 unspecified atom stereocenters. The van der Waals surface area contributed by atoms with Gasteiger partial charge in [0.25, 0.3) is 5.91 Å². The molecule has 4 heteroatoms. The molecule has 0 radical (unpaired) electrons. The number of methoxy groups -OCH3 is 1. The van der Waals surface area contributed by atoms with Gasteiger partial charge in [-0.25, -0.2) is 0 Å². The van der Waals surface area contributed by atoms with E-state index in [-0.39, 0.29) is 11.5 Å². The summed E-state index contributed by atoms with van der Waals surface area (Å²) in [5.41, 5.74) is 3.87. The number of rotatable bonds is 4. The second-order valence-electron chi connectivity index (χ2n) is 5.65. The highest BCUT2D eigenvalue weighted by Crippen LogP contribution is 2.30. The molecule has 0 bridgehead atoms. The number of ether oxygens (including phenoxy) is 1. The zero-order chi connectivity index (χ0) is 14.8. The van der Waals surface area contributed by atoms with Gasteiger partial charge in [-0.3, -0.25) is 4.79 Å². The van der Waals surface area contributed by atoms with Crippen molar-refractivity contribution in [2.75, 3.05) is 25.2 Å². The summed E-state index contributed by atoms with van der Waals surface area (Å²) in [5.74, 6) is 2.07. The van der Waals surface area contributed by atoms with E-state index in [4.69, 9.17) is 4.74 Å². The Labute approximate surface area is 125 Å². The summed E-state index contributed by atoms with van der Waals surface area (Å²) in [5, 5.41) is 3.06. The quantitative estimate of drug-likeness (QED) is 0.927. The minimum Gasteiger partial charge on any atom is -0.376 e. The molecule has 1 heterocycles. The van der Waals surface area contributed by atoms with Crippen LogP contribution >= 0.6 is 11.8 Å². The molecule has 0 aromatic heterocycles. The van der Waals surface area contributed by atoms with Gasteiger partial charge >= 0.3 is 0 Å². The largest absolute Gasteiger partial charge is 0.376 e. The van der Waals surface area contributed by atoms with Crippen molar-refractivity contribution >= 4 is 17.7 Å². The van der Waals surface area contributed by atoms with Crippen LogP contribution in [0.15, 0.2) is 12.1 Å². The Morgan fingerprint density at radius 2 is 2.00 bits per heavy atom. The lowest BCUT2D eigenvalue weighted by Gasteiger charge is -2.27. The first-order valence-electron chi connectivity index (χ1n) is 6.96. The third kappa shape index (κ3) is 3.18. The van der Waals surface area contributed by atoms with E-state index in [0.29, 0.717) is 6.54 Å². The summed E-state index contributed by atoms with van der Waals surface area (Å²) in [6.45, 7) is 6.62. The van der Waals surface area contributed by atoms with Crippen molar-refractivity contribution in [3.8, 4) is 0 Å². The van der Waals surface area contributed by atoms with Crippen LogP contribution in [0.1, 0.15) is 33.5 Å². The Morgan fingerprint density at radius 1 is 1.35 bits per heavy atom. The van der Waals surface area contributed by atoms with Crippen molar-refractivity contribution in [3.63, 3.8) is 0 Å². The first kappa shape index (κ1) is 15.4. The van der Waals surface area contributed by atoms with Gasteiger partial charge in [-0.2, -0.15) is 11.8 Å². The van der Waals surface area contributed by atoms with E-state index >= 15 is 0 Å². The highest BCUT2D eigenvalue weighted by molar-refractivity contribution is 7.99. The minimum atomic E-state index is -0.188. The molecular weight excluding hydrogens is 270 g/mol. The Hall–Kier alpha value is -1.00. The van der Waals surface area contributed by atoms with E-state index in [1.165, 1.54) is 5.56 Å². The molecule has 3 nitrogen and oxygen atoms in total. The third-order valence-electron chi connectivity index (χ3n) is 3.98. The molecule has 0 spiro atoms. The van der Waals surface area contributed by atoms with Crippen LogP contribution in [0.3, 0.4) is 0 Å². The van der Waals surface area contributed by atoms with Crippen LogP contribution in [0, 0.1) is 20.8 Å². The summed E-state index contributed by atoms with van der Waals surface area (Å²) in [7, 11) is 1.74. The molecule has 1 saturated heterocycles. The lowest BCUT2D eigenvalue weighted by atomic mass is 9.98. The van der Waals surface area contributed by atoms with Crippen LogP contribution in [-0.4, -0.2) is 36.7 Å². The number of aryl methyl sites for hydroxylation is 3. The Morgan fingerprint density at radius 3 is 2.50 bits per heavy atom. The number of nitrogens with one attached hydrogen (secondary N) is 1. The van der Waals surface area contributed by atoms with Crippen molar-refractivity contribution in [3.05, 3.63) is 34.4 Å². The van der Waals surface area contributed by atoms with Crippen LogP contribution in [0.5, 0.6) is 0 Å². The molecule has 1 N–H and O–H groups in total. The van der Waals surface area contributed by atoms with E-state index in [2.05, 4.69) is 24.4 Å². The standard InChI is InChI=1S/C16H23NO2S/c1-11-7-12(2)14(13(3)8-11)15(18)17-9-16(19-4)5-6-20-10-16/h7-8H,5-6,9-10H2,1-4H3,(H,17,18). The predicted molar refractivity (Wildman–Crippen MR) is 84.7 cm³/mol. The van der Waals surface area contributed by atoms with Crippen molar-refractivity contribution in [2.24, 2.45) is 0 Å². The summed E-state index contributed by atoms with van der Waals surface area (Å²) in [6, 6.07) is 4.11. The summed E-state index contributed by atoms with van der Waals surface area (Å²) >= 11 is 1.89. The summed E-state index contributed by atoms with van der Waals surface area (Å²) < 4.78 is 5.63. The monoisotopic (exact) mass is 293 g/mol. The molecule has 1 fully saturated rings. The number of thioether (sulfide) groups is 1. The van der Waals surface area contributed by atoms with Crippen LogP contribution in [-0.2, 0) is 4.74 Å². The Kier molecular flexibility index (Phi) is 4.76. The van der Waals surface area contributed by atoms with Gasteiger partial charge in [0, 0.05) is 25.0 Å². The smallest absolute Gasteiger partial charge is 0.251 e. The fourth-order valence-corrected chi connectivity index (χ4v) is 4.23. The maximum Gasteiger partial charge on any atom is 0.251 e. The topological polar surface area (TPSA) is 38.3 Å². The normalized spacial score (nSPS) is 22.0. The minimum absolute atomic E-state index is 0.00771. The van der Waals surface area contributed by atoms with Crippen LogP contribution < -0.4 is 5.32 Å². The van der Waals surface area contributed by atoms with Crippen molar-refractivity contribution in [1.82, 2.24) is 5.32 Å². The van der Waals surface area contributed by atoms with E-state index in [0.717, 1.165) is 34.6 Å². The molecule has 0 aliphatic carbocycles. The van der Waals surface area contributed by atoms with Gasteiger partial charge in [-0.05, 0) is 44.1 Å². The van der Waals surface area contributed by atoms with Gasteiger partial charge in [-0.1, -0.05) is 17.7 Å². The van der Waals surface area contributed by atoms with Gasteiger partial charge in [-0.15, -0.1) is 0 Å². The van der Waals surface area contributed by atoms with E-state index in [1.807, 2.05) is 25.6 Å². The van der Waals surface area contributed by atoms with Crippen LogP contribution in [0.2, 0.25) is 0 Å². The average molecular weight is 293 g/mol. The van der Waals surface area contributed by atoms with E-state index < -0.39 is 0 Å². The molecule has 20 heavy (non-hydrogen) atoms. The number of hydrogen-bond acceptors (Lipinski definition) is 3. The maximum atomic E-state index is 12.4. The van der Waals surface area contributed by atoms with Crippen molar-refractivity contribution in [1.29, 1.82) is 0 Å². The number of amides is 1. The molecule has 0 saturated carbocycles. The third-order valence-corrected chi connectivity index (χ3v) is 5.20. The number of hydrogen-bond donors (Lipinski definition) is 1. The average Bonchev–Trinajstić information content (AvgIpc) is 2.84. The molecule has 1 aliphatic rings. The molecule has 1 aromatic carbocycles. The maximum absolute atomic E-state index is 12.4.